The minimum absolute atomic E-state index is 0.00812. The third-order valence-corrected chi connectivity index (χ3v) is 3.78. The molecule has 0 heterocycles. The maximum absolute atomic E-state index is 11.6. The molecule has 0 spiro atoms. The van der Waals surface area contributed by atoms with Crippen LogP contribution < -0.4 is 0 Å². The van der Waals surface area contributed by atoms with Crippen molar-refractivity contribution in [1.29, 1.82) is 0 Å². The highest BCUT2D eigenvalue weighted by Crippen LogP contribution is 2.43. The zero-order valence-electron chi connectivity index (χ0n) is 10.5. The van der Waals surface area contributed by atoms with Crippen LogP contribution >= 0.6 is 0 Å². The number of Topliss-reactive ketones (excluding diaryl/α,β-unsaturated/α-hetero) is 1. The van der Waals surface area contributed by atoms with Crippen molar-refractivity contribution in [1.82, 2.24) is 0 Å². The van der Waals surface area contributed by atoms with E-state index in [4.69, 9.17) is 4.74 Å². The number of carbonyl (C=O) groups excluding carboxylic acids is 2. The molecule has 0 radical (unpaired) electrons. The van der Waals surface area contributed by atoms with Crippen LogP contribution in [0.15, 0.2) is 0 Å². The van der Waals surface area contributed by atoms with Crippen LogP contribution in [0.5, 0.6) is 0 Å². The van der Waals surface area contributed by atoms with E-state index in [2.05, 4.69) is 6.92 Å². The van der Waals surface area contributed by atoms with Crippen LogP contribution in [0.1, 0.15) is 52.9 Å². The SMILES string of the molecule is CCCCOC(=O)CC1(C)CCC(=O)C1C. The van der Waals surface area contributed by atoms with Gasteiger partial charge in [0.25, 0.3) is 0 Å². The van der Waals surface area contributed by atoms with Crippen molar-refractivity contribution >= 4 is 11.8 Å². The first-order chi connectivity index (χ1) is 7.49. The molecule has 1 saturated carbocycles. The summed E-state index contributed by atoms with van der Waals surface area (Å²) < 4.78 is 5.14. The lowest BCUT2D eigenvalue weighted by Crippen LogP contribution is -2.27. The highest BCUT2D eigenvalue weighted by atomic mass is 16.5. The summed E-state index contributed by atoms with van der Waals surface area (Å²) in [6.45, 7) is 6.51. The Balaban J connectivity index is 2.41. The summed E-state index contributed by atoms with van der Waals surface area (Å²) in [5.74, 6) is 0.118. The summed E-state index contributed by atoms with van der Waals surface area (Å²) in [4.78, 5) is 23.1. The molecule has 1 fully saturated rings. The van der Waals surface area contributed by atoms with Gasteiger partial charge < -0.3 is 4.74 Å². The Bertz CT molecular complexity index is 272. The van der Waals surface area contributed by atoms with Crippen LogP contribution in [0, 0.1) is 11.3 Å². The van der Waals surface area contributed by atoms with Gasteiger partial charge in [0.2, 0.25) is 0 Å². The lowest BCUT2D eigenvalue weighted by molar-refractivity contribution is -0.147. The molecule has 0 aliphatic heterocycles. The van der Waals surface area contributed by atoms with E-state index in [-0.39, 0.29) is 23.1 Å². The van der Waals surface area contributed by atoms with Gasteiger partial charge in [-0.25, -0.2) is 0 Å². The third kappa shape index (κ3) is 3.06. The summed E-state index contributed by atoms with van der Waals surface area (Å²) >= 11 is 0. The van der Waals surface area contributed by atoms with E-state index >= 15 is 0 Å². The minimum atomic E-state index is -0.180. The average Bonchev–Trinajstić information content (AvgIpc) is 2.47. The fourth-order valence-corrected chi connectivity index (χ4v) is 2.18. The predicted molar refractivity (Wildman–Crippen MR) is 62.0 cm³/mol. The van der Waals surface area contributed by atoms with Gasteiger partial charge >= 0.3 is 5.97 Å². The van der Waals surface area contributed by atoms with Crippen LogP contribution in [-0.2, 0) is 14.3 Å². The van der Waals surface area contributed by atoms with E-state index in [1.807, 2.05) is 13.8 Å². The highest BCUT2D eigenvalue weighted by molar-refractivity contribution is 5.85. The maximum atomic E-state index is 11.6. The van der Waals surface area contributed by atoms with Crippen molar-refractivity contribution in [2.45, 2.75) is 52.9 Å². The normalized spacial score (nSPS) is 29.4. The number of esters is 1. The molecule has 1 aliphatic carbocycles. The Morgan fingerprint density at radius 3 is 2.75 bits per heavy atom. The van der Waals surface area contributed by atoms with Gasteiger partial charge in [-0.05, 0) is 18.3 Å². The molecule has 16 heavy (non-hydrogen) atoms. The van der Waals surface area contributed by atoms with Gasteiger partial charge in [0.05, 0.1) is 13.0 Å². The second-order valence-corrected chi connectivity index (χ2v) is 5.09. The van der Waals surface area contributed by atoms with Crippen molar-refractivity contribution in [3.8, 4) is 0 Å². The summed E-state index contributed by atoms with van der Waals surface area (Å²) in [5.41, 5.74) is -0.180. The Kier molecular flexibility index (Phi) is 4.51. The van der Waals surface area contributed by atoms with Gasteiger partial charge in [0.15, 0.2) is 0 Å². The molecule has 0 amide bonds. The van der Waals surface area contributed by atoms with Crippen molar-refractivity contribution < 1.29 is 14.3 Å². The molecule has 0 saturated heterocycles. The number of rotatable bonds is 5. The molecule has 3 heteroatoms. The largest absolute Gasteiger partial charge is 0.466 e. The quantitative estimate of drug-likeness (QED) is 0.534. The van der Waals surface area contributed by atoms with E-state index in [0.717, 1.165) is 19.3 Å². The second-order valence-electron chi connectivity index (χ2n) is 5.09. The zero-order valence-corrected chi connectivity index (χ0v) is 10.5. The smallest absolute Gasteiger partial charge is 0.306 e. The number of carbonyl (C=O) groups is 2. The predicted octanol–water partition coefficient (Wildman–Crippen LogP) is 2.73. The average molecular weight is 226 g/mol. The molecule has 0 bridgehead atoms. The molecular formula is C13H22O3. The molecule has 0 aromatic heterocycles. The van der Waals surface area contributed by atoms with Crippen LogP contribution in [-0.4, -0.2) is 18.4 Å². The lowest BCUT2D eigenvalue weighted by Gasteiger charge is -2.26. The monoisotopic (exact) mass is 226 g/mol. The van der Waals surface area contributed by atoms with E-state index in [1.54, 1.807) is 0 Å². The van der Waals surface area contributed by atoms with E-state index in [0.29, 0.717) is 19.4 Å². The van der Waals surface area contributed by atoms with Gasteiger partial charge in [-0.2, -0.15) is 0 Å². The number of hydrogen-bond donors (Lipinski definition) is 0. The summed E-state index contributed by atoms with van der Waals surface area (Å²) in [6.07, 6.45) is 3.75. The van der Waals surface area contributed by atoms with E-state index in [1.165, 1.54) is 0 Å². The molecule has 3 nitrogen and oxygen atoms in total. The van der Waals surface area contributed by atoms with Gasteiger partial charge in [0.1, 0.15) is 5.78 Å². The van der Waals surface area contributed by atoms with Crippen LogP contribution in [0.2, 0.25) is 0 Å². The van der Waals surface area contributed by atoms with Crippen molar-refractivity contribution in [2.24, 2.45) is 11.3 Å². The van der Waals surface area contributed by atoms with Crippen molar-refractivity contribution in [2.75, 3.05) is 6.61 Å². The van der Waals surface area contributed by atoms with Crippen LogP contribution in [0.3, 0.4) is 0 Å². The molecule has 92 valence electrons. The van der Waals surface area contributed by atoms with Crippen molar-refractivity contribution in [3.05, 3.63) is 0 Å². The molecule has 0 N–H and O–H groups in total. The standard InChI is InChI=1S/C13H22O3/c1-4-5-8-16-12(15)9-13(3)7-6-11(14)10(13)2/h10H,4-9H2,1-3H3. The molecule has 2 unspecified atom stereocenters. The minimum Gasteiger partial charge on any atom is -0.466 e. The third-order valence-electron chi connectivity index (χ3n) is 3.78. The molecule has 2 atom stereocenters. The Labute approximate surface area is 97.5 Å². The van der Waals surface area contributed by atoms with Crippen LogP contribution in [0.25, 0.3) is 0 Å². The highest BCUT2D eigenvalue weighted by Gasteiger charge is 2.43. The van der Waals surface area contributed by atoms with Crippen LogP contribution in [0.4, 0.5) is 0 Å². The van der Waals surface area contributed by atoms with Gasteiger partial charge in [0, 0.05) is 12.3 Å². The summed E-state index contributed by atoms with van der Waals surface area (Å²) in [6, 6.07) is 0. The molecule has 1 aliphatic rings. The maximum Gasteiger partial charge on any atom is 0.306 e. The second kappa shape index (κ2) is 5.46. The Morgan fingerprint density at radius 1 is 1.56 bits per heavy atom. The Hall–Kier alpha value is -0.860. The summed E-state index contributed by atoms with van der Waals surface area (Å²) in [5, 5.41) is 0. The lowest BCUT2D eigenvalue weighted by atomic mass is 9.78. The number of ether oxygens (including phenoxy) is 1. The van der Waals surface area contributed by atoms with Crippen molar-refractivity contribution in [3.63, 3.8) is 0 Å². The first-order valence-electron chi connectivity index (χ1n) is 6.18. The molecule has 0 aromatic carbocycles. The van der Waals surface area contributed by atoms with Gasteiger partial charge in [-0.15, -0.1) is 0 Å². The fraction of sp³-hybridized carbons (Fsp3) is 0.846. The number of unbranched alkanes of at least 4 members (excludes halogenated alkanes) is 1. The van der Waals surface area contributed by atoms with Gasteiger partial charge in [-0.3, -0.25) is 9.59 Å². The number of hydrogen-bond acceptors (Lipinski definition) is 3. The topological polar surface area (TPSA) is 43.4 Å². The zero-order chi connectivity index (χ0) is 12.2. The van der Waals surface area contributed by atoms with Gasteiger partial charge in [-0.1, -0.05) is 27.2 Å². The van der Waals surface area contributed by atoms with E-state index in [9.17, 15) is 9.59 Å². The molecule has 0 aromatic rings. The fourth-order valence-electron chi connectivity index (χ4n) is 2.18. The first kappa shape index (κ1) is 13.2. The van der Waals surface area contributed by atoms with E-state index < -0.39 is 0 Å². The Morgan fingerprint density at radius 2 is 2.25 bits per heavy atom. The first-order valence-corrected chi connectivity index (χ1v) is 6.18. The molecular weight excluding hydrogens is 204 g/mol. The molecule has 1 rings (SSSR count). The number of ketones is 1. The summed E-state index contributed by atoms with van der Waals surface area (Å²) in [7, 11) is 0.